The third-order valence-electron chi connectivity index (χ3n) is 7.21. The molecule has 0 unspecified atom stereocenters. The minimum absolute atomic E-state index is 0.0576. The molecule has 0 aromatic heterocycles. The van der Waals surface area contributed by atoms with Gasteiger partial charge in [0.1, 0.15) is 18.3 Å². The van der Waals surface area contributed by atoms with Crippen molar-refractivity contribution in [2.24, 2.45) is 0 Å². The molecular formula is C31H38N4O7S. The highest BCUT2D eigenvalue weighted by Crippen LogP contribution is 2.29. The van der Waals surface area contributed by atoms with Gasteiger partial charge < -0.3 is 15.0 Å². The third-order valence-corrected chi connectivity index (χ3v) is 8.98. The Balaban J connectivity index is 2.09. The van der Waals surface area contributed by atoms with Gasteiger partial charge in [-0.05, 0) is 70.0 Å². The van der Waals surface area contributed by atoms with Crippen molar-refractivity contribution in [3.8, 4) is 5.75 Å². The van der Waals surface area contributed by atoms with E-state index in [4.69, 9.17) is 4.74 Å². The molecular weight excluding hydrogens is 572 g/mol. The number of carbonyl (C=O) groups is 2. The van der Waals surface area contributed by atoms with Crippen LogP contribution in [0.1, 0.15) is 43.9 Å². The zero-order chi connectivity index (χ0) is 31.9. The van der Waals surface area contributed by atoms with Crippen molar-refractivity contribution < 1.29 is 27.7 Å². The lowest BCUT2D eigenvalue weighted by atomic mass is 10.1. The number of nitro groups is 1. The summed E-state index contributed by atoms with van der Waals surface area (Å²) in [6.45, 7) is 8.20. The van der Waals surface area contributed by atoms with Crippen molar-refractivity contribution in [2.45, 2.75) is 64.6 Å². The second kappa shape index (κ2) is 14.1. The van der Waals surface area contributed by atoms with Gasteiger partial charge in [-0.3, -0.25) is 24.0 Å². The van der Waals surface area contributed by atoms with E-state index in [1.54, 1.807) is 19.1 Å². The molecule has 3 rings (SSSR count). The molecule has 0 aliphatic rings. The van der Waals surface area contributed by atoms with Gasteiger partial charge in [0, 0.05) is 24.2 Å². The summed E-state index contributed by atoms with van der Waals surface area (Å²) in [4.78, 5) is 39.2. The average Bonchev–Trinajstić information content (AvgIpc) is 2.98. The van der Waals surface area contributed by atoms with Crippen LogP contribution in [0.25, 0.3) is 0 Å². The molecule has 3 aromatic carbocycles. The highest BCUT2D eigenvalue weighted by molar-refractivity contribution is 7.92. The normalized spacial score (nSPS) is 12.6. The number of hydrogen-bond acceptors (Lipinski definition) is 7. The maximum Gasteiger partial charge on any atom is 0.273 e. The van der Waals surface area contributed by atoms with Crippen LogP contribution in [0.5, 0.6) is 5.75 Å². The summed E-state index contributed by atoms with van der Waals surface area (Å²) in [7, 11) is -3.02. The van der Waals surface area contributed by atoms with Crippen molar-refractivity contribution in [2.75, 3.05) is 18.0 Å². The second-order valence-corrected chi connectivity index (χ2v) is 12.3. The van der Waals surface area contributed by atoms with E-state index in [1.165, 1.54) is 43.2 Å². The summed E-state index contributed by atoms with van der Waals surface area (Å²) in [5.74, 6) is -0.535. The first kappa shape index (κ1) is 33.1. The second-order valence-electron chi connectivity index (χ2n) is 10.4. The van der Waals surface area contributed by atoms with E-state index in [0.29, 0.717) is 17.7 Å². The molecule has 0 spiro atoms. The maximum atomic E-state index is 14.1. The molecule has 1 N–H and O–H groups in total. The number of aryl methyl sites for hydroxylation is 2. The monoisotopic (exact) mass is 610 g/mol. The highest BCUT2D eigenvalue weighted by Gasteiger charge is 2.33. The lowest BCUT2D eigenvalue weighted by Gasteiger charge is -2.32. The van der Waals surface area contributed by atoms with E-state index >= 15 is 0 Å². The van der Waals surface area contributed by atoms with Crippen molar-refractivity contribution >= 4 is 33.2 Å². The molecule has 0 saturated carbocycles. The van der Waals surface area contributed by atoms with Crippen LogP contribution in [-0.4, -0.2) is 55.8 Å². The van der Waals surface area contributed by atoms with Crippen LogP contribution in [0.4, 0.5) is 11.4 Å². The molecule has 0 saturated heterocycles. The van der Waals surface area contributed by atoms with Crippen molar-refractivity contribution in [1.82, 2.24) is 10.2 Å². The fraction of sp³-hybridized carbons (Fsp3) is 0.355. The van der Waals surface area contributed by atoms with E-state index in [9.17, 15) is 28.1 Å². The minimum atomic E-state index is -4.48. The summed E-state index contributed by atoms with van der Waals surface area (Å²) in [6.07, 6.45) is 0.691. The van der Waals surface area contributed by atoms with Gasteiger partial charge in [0.2, 0.25) is 11.8 Å². The van der Waals surface area contributed by atoms with Gasteiger partial charge in [-0.25, -0.2) is 8.42 Å². The topological polar surface area (TPSA) is 139 Å². The van der Waals surface area contributed by atoms with Crippen LogP contribution in [0.15, 0.2) is 71.6 Å². The van der Waals surface area contributed by atoms with Crippen LogP contribution in [0, 0.1) is 24.0 Å². The number of nitrogens with zero attached hydrogens (tertiary/aromatic N) is 3. The van der Waals surface area contributed by atoms with Crippen LogP contribution in [0.2, 0.25) is 0 Å². The SMILES string of the molecule is CC[C@H](C)NC(=O)[C@H](C)N(Cc1cccc(C)c1)C(=O)CN(c1ccc(OC)cc1)S(=O)(=O)c1ccc(C)c([N+](=O)[O-])c1. The number of rotatable bonds is 13. The number of hydrogen-bond donors (Lipinski definition) is 1. The number of amides is 2. The van der Waals surface area contributed by atoms with Crippen molar-refractivity contribution in [3.63, 3.8) is 0 Å². The standard InChI is InChI=1S/C31H38N4O7S/c1-7-23(4)32-31(37)24(5)33(19-25-10-8-9-21(2)17-25)30(36)20-34(26-12-14-27(42-6)15-13-26)43(40,41)28-16-11-22(3)29(18-28)35(38)39/h8-18,23-24H,7,19-20H2,1-6H3,(H,32,37)/t23-,24-/m0/s1. The van der Waals surface area contributed by atoms with Crippen molar-refractivity contribution in [1.29, 1.82) is 0 Å². The first-order valence-electron chi connectivity index (χ1n) is 13.9. The minimum Gasteiger partial charge on any atom is -0.497 e. The number of anilines is 1. The lowest BCUT2D eigenvalue weighted by molar-refractivity contribution is -0.385. The number of nitro benzene ring substituents is 1. The Morgan fingerprint density at radius 2 is 1.70 bits per heavy atom. The van der Waals surface area contributed by atoms with Crippen molar-refractivity contribution in [3.05, 3.63) is 93.5 Å². The van der Waals surface area contributed by atoms with Crippen LogP contribution < -0.4 is 14.4 Å². The lowest BCUT2D eigenvalue weighted by Crippen LogP contribution is -2.52. The Hall–Kier alpha value is -4.45. The predicted molar refractivity (Wildman–Crippen MR) is 164 cm³/mol. The zero-order valence-electron chi connectivity index (χ0n) is 25.2. The smallest absolute Gasteiger partial charge is 0.273 e. The summed E-state index contributed by atoms with van der Waals surface area (Å²) in [6, 6.07) is 16.1. The van der Waals surface area contributed by atoms with Gasteiger partial charge in [-0.2, -0.15) is 0 Å². The van der Waals surface area contributed by atoms with Gasteiger partial charge >= 0.3 is 0 Å². The van der Waals surface area contributed by atoms with Gasteiger partial charge in [0.05, 0.1) is 22.6 Å². The molecule has 2 atom stereocenters. The van der Waals surface area contributed by atoms with E-state index in [2.05, 4.69) is 5.32 Å². The number of nitrogens with one attached hydrogen (secondary N) is 1. The molecule has 0 radical (unpaired) electrons. The Morgan fingerprint density at radius 1 is 1.02 bits per heavy atom. The molecule has 0 aliphatic heterocycles. The Morgan fingerprint density at radius 3 is 2.28 bits per heavy atom. The molecule has 230 valence electrons. The molecule has 12 heteroatoms. The van der Waals surface area contributed by atoms with Crippen LogP contribution in [0.3, 0.4) is 0 Å². The zero-order valence-corrected chi connectivity index (χ0v) is 26.1. The van der Waals surface area contributed by atoms with Gasteiger partial charge in [-0.1, -0.05) is 42.8 Å². The molecule has 43 heavy (non-hydrogen) atoms. The molecule has 2 amide bonds. The number of carbonyl (C=O) groups excluding carboxylic acids is 2. The Bertz CT molecular complexity index is 1580. The summed E-state index contributed by atoms with van der Waals surface area (Å²) < 4.78 is 34.2. The average molecular weight is 611 g/mol. The number of methoxy groups -OCH3 is 1. The summed E-state index contributed by atoms with van der Waals surface area (Å²) in [5.41, 5.74) is 1.80. The van der Waals surface area contributed by atoms with Crippen LogP contribution in [-0.2, 0) is 26.2 Å². The van der Waals surface area contributed by atoms with Gasteiger partial charge in [0.15, 0.2) is 0 Å². The Kier molecular flexibility index (Phi) is 10.9. The molecule has 0 fully saturated rings. The largest absolute Gasteiger partial charge is 0.497 e. The fourth-order valence-corrected chi connectivity index (χ4v) is 5.84. The number of ether oxygens (including phenoxy) is 1. The van der Waals surface area contributed by atoms with E-state index in [1.807, 2.05) is 45.0 Å². The summed E-state index contributed by atoms with van der Waals surface area (Å²) >= 11 is 0. The molecule has 0 bridgehead atoms. The van der Waals surface area contributed by atoms with Gasteiger partial charge in [0.25, 0.3) is 15.7 Å². The number of sulfonamides is 1. The van der Waals surface area contributed by atoms with Gasteiger partial charge in [-0.15, -0.1) is 0 Å². The van der Waals surface area contributed by atoms with E-state index < -0.39 is 33.4 Å². The van der Waals surface area contributed by atoms with E-state index in [-0.39, 0.29) is 34.8 Å². The number of benzene rings is 3. The molecule has 11 nitrogen and oxygen atoms in total. The molecule has 3 aromatic rings. The highest BCUT2D eigenvalue weighted by atomic mass is 32.2. The van der Waals surface area contributed by atoms with Crippen LogP contribution >= 0.6 is 0 Å². The van der Waals surface area contributed by atoms with E-state index in [0.717, 1.165) is 21.5 Å². The molecule has 0 aliphatic carbocycles. The summed E-state index contributed by atoms with van der Waals surface area (Å²) in [5, 5.41) is 14.5. The Labute approximate surface area is 252 Å². The molecule has 0 heterocycles. The third kappa shape index (κ3) is 8.10. The maximum absolute atomic E-state index is 14.1. The fourth-order valence-electron chi connectivity index (χ4n) is 4.41. The predicted octanol–water partition coefficient (Wildman–Crippen LogP) is 4.75. The quantitative estimate of drug-likeness (QED) is 0.218. The first-order valence-corrected chi connectivity index (χ1v) is 15.3. The first-order chi connectivity index (χ1) is 20.3.